The van der Waals surface area contributed by atoms with Gasteiger partial charge in [-0.05, 0) is 29.8 Å². The van der Waals surface area contributed by atoms with E-state index in [1.165, 1.54) is 0 Å². The van der Waals surface area contributed by atoms with E-state index >= 15 is 0 Å². The molecule has 1 amide bonds. The molecule has 6 heteroatoms. The fraction of sp³-hybridized carbons (Fsp3) is 0.100. The first-order chi connectivity index (χ1) is 12.7. The molecule has 3 heterocycles. The molecule has 0 radical (unpaired) electrons. The SMILES string of the molecule is Cn1cc(-c2cc(CNC(=O)c3ccc4ccccc4n3)ccn2)cn1. The summed E-state index contributed by atoms with van der Waals surface area (Å²) in [4.78, 5) is 21.2. The molecule has 6 nitrogen and oxygen atoms in total. The van der Waals surface area contributed by atoms with Gasteiger partial charge in [-0.15, -0.1) is 0 Å². The van der Waals surface area contributed by atoms with E-state index in [1.54, 1.807) is 23.1 Å². The summed E-state index contributed by atoms with van der Waals surface area (Å²) in [5.74, 6) is -0.199. The van der Waals surface area contributed by atoms with Crippen LogP contribution in [0.5, 0.6) is 0 Å². The molecule has 4 rings (SSSR count). The van der Waals surface area contributed by atoms with Crippen LogP contribution in [0, 0.1) is 0 Å². The number of nitrogens with zero attached hydrogens (tertiary/aromatic N) is 4. The number of pyridine rings is 2. The van der Waals surface area contributed by atoms with E-state index in [0.717, 1.165) is 27.7 Å². The number of amides is 1. The van der Waals surface area contributed by atoms with Crippen LogP contribution in [0.15, 0.2) is 67.1 Å². The van der Waals surface area contributed by atoms with E-state index < -0.39 is 0 Å². The molecule has 0 atom stereocenters. The Morgan fingerprint density at radius 1 is 1.15 bits per heavy atom. The number of hydrogen-bond donors (Lipinski definition) is 1. The van der Waals surface area contributed by atoms with Crippen LogP contribution in [0.1, 0.15) is 16.1 Å². The number of aryl methyl sites for hydroxylation is 1. The van der Waals surface area contributed by atoms with E-state index in [-0.39, 0.29) is 5.91 Å². The second-order valence-electron chi connectivity index (χ2n) is 6.02. The predicted octanol–water partition coefficient (Wildman–Crippen LogP) is 2.96. The van der Waals surface area contributed by atoms with Crippen molar-refractivity contribution in [2.45, 2.75) is 6.54 Å². The normalized spacial score (nSPS) is 10.8. The van der Waals surface area contributed by atoms with Gasteiger partial charge in [0.05, 0.1) is 17.4 Å². The average molecular weight is 343 g/mol. The van der Waals surface area contributed by atoms with Gasteiger partial charge >= 0.3 is 0 Å². The molecule has 0 aliphatic heterocycles. The Hall–Kier alpha value is -3.54. The van der Waals surface area contributed by atoms with Crippen LogP contribution in [-0.4, -0.2) is 25.7 Å². The summed E-state index contributed by atoms with van der Waals surface area (Å²) in [6, 6.07) is 15.2. The monoisotopic (exact) mass is 343 g/mol. The minimum atomic E-state index is -0.199. The molecule has 1 aromatic carbocycles. The summed E-state index contributed by atoms with van der Waals surface area (Å²) in [5, 5.41) is 8.09. The van der Waals surface area contributed by atoms with Crippen molar-refractivity contribution in [1.29, 1.82) is 0 Å². The maximum Gasteiger partial charge on any atom is 0.270 e. The standard InChI is InChI=1S/C20H17N5O/c1-25-13-16(12-23-25)19-10-14(8-9-21-19)11-22-20(26)18-7-6-15-4-2-3-5-17(15)24-18/h2-10,12-13H,11H2,1H3,(H,22,26). The van der Waals surface area contributed by atoms with Crippen LogP contribution in [-0.2, 0) is 13.6 Å². The fourth-order valence-corrected chi connectivity index (χ4v) is 2.76. The Labute approximate surface area is 150 Å². The third-order valence-corrected chi connectivity index (χ3v) is 4.11. The number of hydrogen-bond acceptors (Lipinski definition) is 4. The van der Waals surface area contributed by atoms with Crippen molar-refractivity contribution in [3.8, 4) is 11.3 Å². The van der Waals surface area contributed by atoms with E-state index in [1.807, 2.05) is 55.7 Å². The molecule has 0 saturated carbocycles. The number of rotatable bonds is 4. The van der Waals surface area contributed by atoms with Gasteiger partial charge in [-0.2, -0.15) is 5.10 Å². The first kappa shape index (κ1) is 16.0. The van der Waals surface area contributed by atoms with Crippen molar-refractivity contribution in [2.24, 2.45) is 7.05 Å². The first-order valence-corrected chi connectivity index (χ1v) is 8.27. The number of fused-ring (bicyclic) bond motifs is 1. The molecule has 128 valence electrons. The molecule has 0 unspecified atom stereocenters. The zero-order valence-electron chi connectivity index (χ0n) is 14.3. The number of para-hydroxylation sites is 1. The summed E-state index contributed by atoms with van der Waals surface area (Å²) in [6.07, 6.45) is 5.41. The Balaban J connectivity index is 1.48. The Kier molecular flexibility index (Phi) is 4.15. The minimum Gasteiger partial charge on any atom is -0.347 e. The van der Waals surface area contributed by atoms with Crippen molar-refractivity contribution >= 4 is 16.8 Å². The van der Waals surface area contributed by atoms with Crippen LogP contribution in [0.2, 0.25) is 0 Å². The van der Waals surface area contributed by atoms with Gasteiger partial charge in [0, 0.05) is 36.9 Å². The van der Waals surface area contributed by atoms with Crippen molar-refractivity contribution in [2.75, 3.05) is 0 Å². The Morgan fingerprint density at radius 3 is 2.88 bits per heavy atom. The van der Waals surface area contributed by atoms with Crippen LogP contribution >= 0.6 is 0 Å². The zero-order chi connectivity index (χ0) is 17.9. The van der Waals surface area contributed by atoms with Gasteiger partial charge in [-0.25, -0.2) is 4.98 Å². The lowest BCUT2D eigenvalue weighted by Gasteiger charge is -2.07. The third-order valence-electron chi connectivity index (χ3n) is 4.11. The van der Waals surface area contributed by atoms with E-state index in [9.17, 15) is 4.79 Å². The van der Waals surface area contributed by atoms with Crippen molar-refractivity contribution in [3.05, 3.63) is 78.4 Å². The van der Waals surface area contributed by atoms with Crippen LogP contribution in [0.25, 0.3) is 22.2 Å². The lowest BCUT2D eigenvalue weighted by Crippen LogP contribution is -2.23. The Bertz CT molecular complexity index is 1090. The Morgan fingerprint density at radius 2 is 2.04 bits per heavy atom. The number of carbonyl (C=O) groups is 1. The lowest BCUT2D eigenvalue weighted by atomic mass is 10.1. The first-order valence-electron chi connectivity index (χ1n) is 8.27. The average Bonchev–Trinajstić information content (AvgIpc) is 3.12. The number of carbonyl (C=O) groups excluding carboxylic acids is 1. The molecular formula is C20H17N5O. The van der Waals surface area contributed by atoms with E-state index in [4.69, 9.17) is 0 Å². The predicted molar refractivity (Wildman–Crippen MR) is 99.4 cm³/mol. The molecular weight excluding hydrogens is 326 g/mol. The fourth-order valence-electron chi connectivity index (χ4n) is 2.76. The maximum atomic E-state index is 12.4. The summed E-state index contributed by atoms with van der Waals surface area (Å²) in [5.41, 5.74) is 3.95. The highest BCUT2D eigenvalue weighted by atomic mass is 16.1. The second-order valence-corrected chi connectivity index (χ2v) is 6.02. The zero-order valence-corrected chi connectivity index (χ0v) is 14.3. The van der Waals surface area contributed by atoms with Gasteiger partial charge in [0.25, 0.3) is 5.91 Å². The van der Waals surface area contributed by atoms with Gasteiger partial charge in [-0.3, -0.25) is 14.5 Å². The van der Waals surface area contributed by atoms with Crippen LogP contribution < -0.4 is 5.32 Å². The minimum absolute atomic E-state index is 0.199. The number of nitrogens with one attached hydrogen (secondary N) is 1. The summed E-state index contributed by atoms with van der Waals surface area (Å²) in [7, 11) is 1.87. The molecule has 0 aliphatic carbocycles. The van der Waals surface area contributed by atoms with Crippen LogP contribution in [0.3, 0.4) is 0 Å². The molecule has 4 aromatic rings. The quantitative estimate of drug-likeness (QED) is 0.618. The molecule has 0 fully saturated rings. The number of aromatic nitrogens is 4. The molecule has 26 heavy (non-hydrogen) atoms. The van der Waals surface area contributed by atoms with Crippen molar-refractivity contribution in [3.63, 3.8) is 0 Å². The lowest BCUT2D eigenvalue weighted by molar-refractivity contribution is 0.0946. The van der Waals surface area contributed by atoms with Gasteiger partial charge in [0.15, 0.2) is 0 Å². The van der Waals surface area contributed by atoms with Gasteiger partial charge in [0.1, 0.15) is 5.69 Å². The molecule has 0 bridgehead atoms. The van der Waals surface area contributed by atoms with Gasteiger partial charge in [0.2, 0.25) is 0 Å². The summed E-state index contributed by atoms with van der Waals surface area (Å²) in [6.45, 7) is 0.406. The van der Waals surface area contributed by atoms with E-state index in [0.29, 0.717) is 12.2 Å². The highest BCUT2D eigenvalue weighted by Gasteiger charge is 2.09. The summed E-state index contributed by atoms with van der Waals surface area (Å²) < 4.78 is 1.73. The molecule has 0 aliphatic rings. The second kappa shape index (κ2) is 6.76. The molecule has 3 aromatic heterocycles. The highest BCUT2D eigenvalue weighted by Crippen LogP contribution is 2.17. The van der Waals surface area contributed by atoms with Crippen LogP contribution in [0.4, 0.5) is 0 Å². The number of benzene rings is 1. The van der Waals surface area contributed by atoms with Crippen molar-refractivity contribution < 1.29 is 4.79 Å². The summed E-state index contributed by atoms with van der Waals surface area (Å²) >= 11 is 0. The van der Waals surface area contributed by atoms with E-state index in [2.05, 4.69) is 20.4 Å². The van der Waals surface area contributed by atoms with Gasteiger partial charge in [-0.1, -0.05) is 24.3 Å². The highest BCUT2D eigenvalue weighted by molar-refractivity contribution is 5.94. The maximum absolute atomic E-state index is 12.4. The van der Waals surface area contributed by atoms with Gasteiger partial charge < -0.3 is 5.32 Å². The molecule has 0 spiro atoms. The third kappa shape index (κ3) is 3.30. The molecule has 0 saturated heterocycles. The topological polar surface area (TPSA) is 72.7 Å². The largest absolute Gasteiger partial charge is 0.347 e. The van der Waals surface area contributed by atoms with Crippen molar-refractivity contribution in [1.82, 2.24) is 25.1 Å². The molecule has 1 N–H and O–H groups in total. The smallest absolute Gasteiger partial charge is 0.270 e.